The Labute approximate surface area is 282 Å². The average Bonchev–Trinajstić information content (AvgIpc) is 2.99. The van der Waals surface area contributed by atoms with Crippen molar-refractivity contribution in [3.8, 4) is 6.07 Å². The number of rotatable bonds is 3. The summed E-state index contributed by atoms with van der Waals surface area (Å²) in [5.74, 6) is -0.839. The van der Waals surface area contributed by atoms with Crippen molar-refractivity contribution in [2.24, 2.45) is 44.8 Å². The molecule has 0 radical (unpaired) electrons. The number of nitrogens with zero attached hydrogens (tertiary/aromatic N) is 1. The second-order valence-corrected chi connectivity index (χ2v) is 17.4. The molecule has 1 N–H and O–H groups in total. The van der Waals surface area contributed by atoms with Crippen molar-refractivity contribution in [3.05, 3.63) is 64.8 Å². The third-order valence-electron chi connectivity index (χ3n) is 13.9. The van der Waals surface area contributed by atoms with E-state index in [0.29, 0.717) is 12.0 Å². The number of carbonyl (C=O) groups excluding carboxylic acids is 3. The molecule has 0 bridgehead atoms. The number of halogens is 3. The second-order valence-electron chi connectivity index (χ2n) is 17.4. The number of hydrogen-bond donors (Lipinski definition) is 1. The third-order valence-corrected chi connectivity index (χ3v) is 13.9. The Morgan fingerprint density at radius 1 is 0.958 bits per heavy atom. The molecule has 1 aromatic carbocycles. The Balaban J connectivity index is 1.36. The number of amides is 1. The van der Waals surface area contributed by atoms with E-state index in [9.17, 15) is 32.8 Å². The van der Waals surface area contributed by atoms with E-state index in [4.69, 9.17) is 0 Å². The van der Waals surface area contributed by atoms with Crippen LogP contribution in [0.3, 0.4) is 0 Å². The van der Waals surface area contributed by atoms with E-state index in [-0.39, 0.29) is 51.6 Å². The molecule has 5 aliphatic carbocycles. The molecule has 0 aromatic heterocycles. The second kappa shape index (κ2) is 10.8. The van der Waals surface area contributed by atoms with Crippen LogP contribution >= 0.6 is 0 Å². The van der Waals surface area contributed by atoms with E-state index in [1.165, 1.54) is 24.3 Å². The molecule has 8 heteroatoms. The van der Waals surface area contributed by atoms with Crippen LogP contribution in [0, 0.1) is 56.2 Å². The van der Waals surface area contributed by atoms with Crippen molar-refractivity contribution < 1.29 is 27.6 Å². The zero-order chi connectivity index (χ0) is 35.3. The highest BCUT2D eigenvalue weighted by Gasteiger charge is 2.70. The largest absolute Gasteiger partial charge is 0.416 e. The number of nitriles is 1. The summed E-state index contributed by atoms with van der Waals surface area (Å²) in [6.45, 7) is 15.0. The number of allylic oxidation sites excluding steroid dienone is 4. The lowest BCUT2D eigenvalue weighted by Crippen LogP contribution is -2.69. The molecular weight excluding hydrogens is 613 g/mol. The van der Waals surface area contributed by atoms with Crippen LogP contribution < -0.4 is 5.32 Å². The number of benzene rings is 1. The summed E-state index contributed by atoms with van der Waals surface area (Å²) in [5.41, 5.74) is -1.77. The molecule has 1 amide bonds. The molecular formula is C40H47F3N2O3. The first-order valence-electron chi connectivity index (χ1n) is 17.3. The van der Waals surface area contributed by atoms with Gasteiger partial charge < -0.3 is 5.32 Å². The maximum atomic E-state index is 14.7. The van der Waals surface area contributed by atoms with Gasteiger partial charge in [-0.05, 0) is 103 Å². The molecule has 0 saturated heterocycles. The Morgan fingerprint density at radius 3 is 2.23 bits per heavy atom. The van der Waals surface area contributed by atoms with E-state index in [1.54, 1.807) is 0 Å². The summed E-state index contributed by atoms with van der Waals surface area (Å²) >= 11 is 0. The monoisotopic (exact) mass is 660 g/mol. The predicted molar refractivity (Wildman–Crippen MR) is 178 cm³/mol. The molecule has 3 fully saturated rings. The Hall–Kier alpha value is -3.47. The van der Waals surface area contributed by atoms with Crippen molar-refractivity contribution in [2.75, 3.05) is 0 Å². The highest BCUT2D eigenvalue weighted by molar-refractivity contribution is 6.04. The van der Waals surface area contributed by atoms with Gasteiger partial charge in [-0.1, -0.05) is 72.2 Å². The van der Waals surface area contributed by atoms with Crippen LogP contribution in [0.15, 0.2) is 53.6 Å². The SMILES string of the molecule is CC1(C)CC[C@]2(NC(=O)/C=C/c3ccc(C(F)(F)F)cc3)CC[C@]3(C)[C@H](C(=O)C=C4[C@@]5(C)C=C(C#N)C(=O)C(C)(C)C5CC[C@]43C)[C@@H]2C1. The van der Waals surface area contributed by atoms with Gasteiger partial charge in [0.25, 0.3) is 0 Å². The van der Waals surface area contributed by atoms with Gasteiger partial charge in [-0.2, -0.15) is 18.4 Å². The fourth-order valence-corrected chi connectivity index (χ4v) is 11.1. The third kappa shape index (κ3) is 4.97. The smallest absolute Gasteiger partial charge is 0.347 e. The summed E-state index contributed by atoms with van der Waals surface area (Å²) in [7, 11) is 0. The van der Waals surface area contributed by atoms with Crippen LogP contribution in [0.2, 0.25) is 0 Å². The zero-order valence-electron chi connectivity index (χ0n) is 29.1. The van der Waals surface area contributed by atoms with Crippen molar-refractivity contribution in [1.29, 1.82) is 5.26 Å². The van der Waals surface area contributed by atoms with Crippen LogP contribution in [0.1, 0.15) is 105 Å². The number of fused-ring (bicyclic) bond motifs is 7. The van der Waals surface area contributed by atoms with E-state index in [2.05, 4.69) is 46.0 Å². The first kappa shape index (κ1) is 34.4. The quantitative estimate of drug-likeness (QED) is 0.329. The average molecular weight is 661 g/mol. The molecule has 0 aliphatic heterocycles. The van der Waals surface area contributed by atoms with Crippen molar-refractivity contribution in [2.45, 2.75) is 105 Å². The van der Waals surface area contributed by atoms with Crippen LogP contribution in [-0.2, 0) is 20.6 Å². The van der Waals surface area contributed by atoms with Crippen LogP contribution in [0.4, 0.5) is 13.2 Å². The summed E-state index contributed by atoms with van der Waals surface area (Å²) in [4.78, 5) is 41.6. The van der Waals surface area contributed by atoms with E-state index >= 15 is 0 Å². The maximum Gasteiger partial charge on any atom is 0.416 e. The summed E-state index contributed by atoms with van der Waals surface area (Å²) in [5, 5.41) is 13.3. The Morgan fingerprint density at radius 2 is 1.60 bits per heavy atom. The first-order chi connectivity index (χ1) is 22.1. The van der Waals surface area contributed by atoms with Gasteiger partial charge in [0, 0.05) is 28.4 Å². The van der Waals surface area contributed by atoms with Gasteiger partial charge in [-0.25, -0.2) is 0 Å². The number of Topliss-reactive ketones (excluding diaryl/α,β-unsaturated/α-hetero) is 1. The normalized spacial score (nSPS) is 38.4. The molecule has 5 aliphatic rings. The van der Waals surface area contributed by atoms with Crippen LogP contribution in [0.5, 0.6) is 0 Å². The van der Waals surface area contributed by atoms with E-state index < -0.39 is 33.5 Å². The van der Waals surface area contributed by atoms with Gasteiger partial charge in [-0.3, -0.25) is 14.4 Å². The van der Waals surface area contributed by atoms with Gasteiger partial charge in [0.05, 0.1) is 11.1 Å². The van der Waals surface area contributed by atoms with Gasteiger partial charge in [0.2, 0.25) is 5.91 Å². The topological polar surface area (TPSA) is 87.0 Å². The lowest BCUT2D eigenvalue weighted by Gasteiger charge is -2.69. The Bertz CT molecular complexity index is 1710. The highest BCUT2D eigenvalue weighted by atomic mass is 19.4. The summed E-state index contributed by atoms with van der Waals surface area (Å²) < 4.78 is 39.1. The van der Waals surface area contributed by atoms with Gasteiger partial charge in [0.15, 0.2) is 11.6 Å². The van der Waals surface area contributed by atoms with Gasteiger partial charge in [-0.15, -0.1) is 0 Å². The molecule has 0 spiro atoms. The fourth-order valence-electron chi connectivity index (χ4n) is 11.1. The minimum Gasteiger partial charge on any atom is -0.347 e. The fraction of sp³-hybridized carbons (Fsp3) is 0.600. The first-order valence-corrected chi connectivity index (χ1v) is 17.3. The molecule has 7 atom stereocenters. The van der Waals surface area contributed by atoms with Crippen molar-refractivity contribution >= 4 is 23.5 Å². The number of hydrogen-bond acceptors (Lipinski definition) is 4. The molecule has 0 heterocycles. The molecule has 1 aromatic rings. The molecule has 5 nitrogen and oxygen atoms in total. The van der Waals surface area contributed by atoms with E-state index in [0.717, 1.165) is 56.2 Å². The molecule has 3 saturated carbocycles. The molecule has 1 unspecified atom stereocenters. The van der Waals surface area contributed by atoms with Crippen molar-refractivity contribution in [1.82, 2.24) is 5.32 Å². The van der Waals surface area contributed by atoms with Crippen LogP contribution in [-0.4, -0.2) is 23.0 Å². The number of alkyl halides is 3. The van der Waals surface area contributed by atoms with Gasteiger partial charge in [0.1, 0.15) is 6.07 Å². The van der Waals surface area contributed by atoms with Crippen molar-refractivity contribution in [3.63, 3.8) is 0 Å². The predicted octanol–water partition coefficient (Wildman–Crippen LogP) is 8.81. The minimum atomic E-state index is -4.43. The lowest BCUT2D eigenvalue weighted by molar-refractivity contribution is -0.163. The Kier molecular flexibility index (Phi) is 7.71. The maximum absolute atomic E-state index is 14.7. The summed E-state index contributed by atoms with van der Waals surface area (Å²) in [6, 6.07) is 6.87. The minimum absolute atomic E-state index is 0.0276. The van der Waals surface area contributed by atoms with Gasteiger partial charge >= 0.3 is 6.18 Å². The van der Waals surface area contributed by atoms with E-state index in [1.807, 2.05) is 26.0 Å². The highest BCUT2D eigenvalue weighted by Crippen LogP contribution is 2.73. The zero-order valence-corrected chi connectivity index (χ0v) is 29.1. The standard InChI is InChI=1S/C40H47F3N2O3/c1-34(2)16-18-39(45-31(47)13-10-24-8-11-26(12-9-24)40(41,42)43)19-17-38(7)32(27(39)22-34)28(46)20-30-36(5)21-25(23-44)33(48)35(3,4)29(36)14-15-37(30,38)6/h8-13,20-21,27,29,32H,14-19,22H2,1-7H3,(H,45,47)/b13-10+/t27-,29?,32-,36-,37+,38+,39-/m0/s1. The number of ketones is 2. The summed E-state index contributed by atoms with van der Waals surface area (Å²) in [6.07, 6.45) is 7.69. The number of carbonyl (C=O) groups is 3. The lowest BCUT2D eigenvalue weighted by atomic mass is 9.35. The van der Waals surface area contributed by atoms with Crippen LogP contribution in [0.25, 0.3) is 6.08 Å². The molecule has 256 valence electrons. The molecule has 48 heavy (non-hydrogen) atoms. The molecule has 6 rings (SSSR count). The number of nitrogens with one attached hydrogen (secondary N) is 1.